The first-order chi connectivity index (χ1) is 11.1. The molecule has 0 aromatic heterocycles. The van der Waals surface area contributed by atoms with Gasteiger partial charge in [-0.25, -0.2) is 0 Å². The molecule has 0 unspecified atom stereocenters. The maximum Gasteiger partial charge on any atom is 0.276 e. The Bertz CT molecular complexity index is 834. The number of carbonyl (C=O) groups excluding carboxylic acids is 1. The SMILES string of the molecule is O=C1/C(=C/c2ccccc2[N+](=O)[O-])SC(=S)N1c1ccccc1. The third-order valence-corrected chi connectivity index (χ3v) is 4.53. The summed E-state index contributed by atoms with van der Waals surface area (Å²) < 4.78 is 0.408. The standard InChI is InChI=1S/C16H10N2O3S2/c19-15-14(10-11-6-4-5-9-13(11)18(20)21)23-16(22)17(15)12-7-2-1-3-8-12/h1-10H/b14-10-. The highest BCUT2D eigenvalue weighted by molar-refractivity contribution is 8.27. The first-order valence-electron chi connectivity index (χ1n) is 6.64. The molecule has 3 rings (SSSR count). The fourth-order valence-corrected chi connectivity index (χ4v) is 3.47. The van der Waals surface area contributed by atoms with Gasteiger partial charge in [0.2, 0.25) is 0 Å². The number of nitrogens with zero attached hydrogens (tertiary/aromatic N) is 2. The van der Waals surface area contributed by atoms with E-state index in [2.05, 4.69) is 0 Å². The molecule has 1 amide bonds. The van der Waals surface area contributed by atoms with Crippen molar-refractivity contribution in [1.29, 1.82) is 0 Å². The molecule has 0 spiro atoms. The molecule has 23 heavy (non-hydrogen) atoms. The van der Waals surface area contributed by atoms with Crippen LogP contribution in [0.2, 0.25) is 0 Å². The van der Waals surface area contributed by atoms with Crippen molar-refractivity contribution in [3.8, 4) is 0 Å². The maximum atomic E-state index is 12.6. The van der Waals surface area contributed by atoms with Crippen molar-refractivity contribution in [2.75, 3.05) is 4.90 Å². The van der Waals surface area contributed by atoms with E-state index in [1.807, 2.05) is 18.2 Å². The number of anilines is 1. The second-order valence-electron chi connectivity index (χ2n) is 4.67. The molecule has 1 aliphatic heterocycles. The third-order valence-electron chi connectivity index (χ3n) is 3.23. The zero-order valence-electron chi connectivity index (χ0n) is 11.7. The lowest BCUT2D eigenvalue weighted by Crippen LogP contribution is -2.27. The van der Waals surface area contributed by atoms with E-state index in [1.54, 1.807) is 30.3 Å². The zero-order valence-corrected chi connectivity index (χ0v) is 13.3. The van der Waals surface area contributed by atoms with Crippen molar-refractivity contribution >= 4 is 51.7 Å². The summed E-state index contributed by atoms with van der Waals surface area (Å²) in [5, 5.41) is 11.1. The van der Waals surface area contributed by atoms with E-state index < -0.39 is 4.92 Å². The quantitative estimate of drug-likeness (QED) is 0.365. The Morgan fingerprint density at radius 1 is 1.09 bits per heavy atom. The predicted molar refractivity (Wildman–Crippen MR) is 95.2 cm³/mol. The number of amides is 1. The highest BCUT2D eigenvalue weighted by Crippen LogP contribution is 2.36. The number of hydrogen-bond donors (Lipinski definition) is 0. The van der Waals surface area contributed by atoms with E-state index in [4.69, 9.17) is 12.2 Å². The van der Waals surface area contributed by atoms with E-state index in [1.165, 1.54) is 17.0 Å². The molecular formula is C16H10N2O3S2. The summed E-state index contributed by atoms with van der Waals surface area (Å²) in [6.07, 6.45) is 1.51. The summed E-state index contributed by atoms with van der Waals surface area (Å²) >= 11 is 6.41. The summed E-state index contributed by atoms with van der Waals surface area (Å²) in [5.74, 6) is -0.274. The number of para-hydroxylation sites is 2. The van der Waals surface area contributed by atoms with Crippen molar-refractivity contribution in [3.63, 3.8) is 0 Å². The second kappa shape index (κ2) is 6.31. The van der Waals surface area contributed by atoms with Crippen LogP contribution in [0.4, 0.5) is 11.4 Å². The van der Waals surface area contributed by atoms with Gasteiger partial charge in [0.05, 0.1) is 21.1 Å². The molecular weight excluding hydrogens is 332 g/mol. The van der Waals surface area contributed by atoms with E-state index in [-0.39, 0.29) is 11.6 Å². The number of benzene rings is 2. The van der Waals surface area contributed by atoms with Crippen LogP contribution in [0.3, 0.4) is 0 Å². The van der Waals surface area contributed by atoms with Gasteiger partial charge in [-0.3, -0.25) is 19.8 Å². The van der Waals surface area contributed by atoms with E-state index >= 15 is 0 Å². The number of hydrogen-bond acceptors (Lipinski definition) is 5. The Balaban J connectivity index is 1.99. The molecule has 0 saturated carbocycles. The maximum absolute atomic E-state index is 12.6. The number of carbonyl (C=O) groups is 1. The molecule has 1 heterocycles. The molecule has 0 bridgehead atoms. The van der Waals surface area contributed by atoms with Gasteiger partial charge in [0.25, 0.3) is 11.6 Å². The van der Waals surface area contributed by atoms with Gasteiger partial charge in [0.1, 0.15) is 0 Å². The molecule has 0 radical (unpaired) electrons. The minimum absolute atomic E-state index is 0.0440. The largest absolute Gasteiger partial charge is 0.276 e. The fraction of sp³-hybridized carbons (Fsp3) is 0. The topological polar surface area (TPSA) is 63.4 Å². The van der Waals surface area contributed by atoms with Gasteiger partial charge in [-0.1, -0.05) is 54.3 Å². The molecule has 1 saturated heterocycles. The van der Waals surface area contributed by atoms with Crippen LogP contribution in [0.1, 0.15) is 5.56 Å². The highest BCUT2D eigenvalue weighted by Gasteiger charge is 2.33. The minimum Gasteiger partial charge on any atom is -0.268 e. The van der Waals surface area contributed by atoms with Crippen molar-refractivity contribution in [1.82, 2.24) is 0 Å². The number of nitro groups is 1. The van der Waals surface area contributed by atoms with Crippen molar-refractivity contribution in [3.05, 3.63) is 75.2 Å². The lowest BCUT2D eigenvalue weighted by atomic mass is 10.1. The second-order valence-corrected chi connectivity index (χ2v) is 6.34. The van der Waals surface area contributed by atoms with Crippen LogP contribution >= 0.6 is 24.0 Å². The Hall–Kier alpha value is -2.51. The van der Waals surface area contributed by atoms with Gasteiger partial charge < -0.3 is 0 Å². The van der Waals surface area contributed by atoms with Gasteiger partial charge in [0.15, 0.2) is 4.32 Å². The predicted octanol–water partition coefficient (Wildman–Crippen LogP) is 4.00. The van der Waals surface area contributed by atoms with Crippen LogP contribution in [0.15, 0.2) is 59.5 Å². The minimum atomic E-state index is -0.468. The summed E-state index contributed by atoms with van der Waals surface area (Å²) in [5.41, 5.74) is 1.02. The van der Waals surface area contributed by atoms with Crippen LogP contribution in [0, 0.1) is 10.1 Å². The normalized spacial score (nSPS) is 16.2. The molecule has 0 N–H and O–H groups in total. The summed E-state index contributed by atoms with van der Waals surface area (Å²) in [7, 11) is 0. The third kappa shape index (κ3) is 3.01. The average Bonchev–Trinajstić information content (AvgIpc) is 2.82. The van der Waals surface area contributed by atoms with Gasteiger partial charge in [-0.2, -0.15) is 0 Å². The number of rotatable bonds is 3. The molecule has 1 aliphatic rings. The summed E-state index contributed by atoms with van der Waals surface area (Å²) in [4.78, 5) is 25.0. The monoisotopic (exact) mass is 342 g/mol. The molecule has 114 valence electrons. The zero-order chi connectivity index (χ0) is 16.4. The molecule has 1 fully saturated rings. The van der Waals surface area contributed by atoms with Crippen molar-refractivity contribution in [2.45, 2.75) is 0 Å². The highest BCUT2D eigenvalue weighted by atomic mass is 32.2. The van der Waals surface area contributed by atoms with Crippen LogP contribution in [-0.4, -0.2) is 15.2 Å². The van der Waals surface area contributed by atoms with Crippen LogP contribution in [0.25, 0.3) is 6.08 Å². The summed E-state index contributed by atoms with van der Waals surface area (Å²) in [6, 6.07) is 15.4. The lowest BCUT2D eigenvalue weighted by molar-refractivity contribution is -0.385. The molecule has 2 aromatic carbocycles. The van der Waals surface area contributed by atoms with Crippen molar-refractivity contribution < 1.29 is 9.72 Å². The lowest BCUT2D eigenvalue weighted by Gasteiger charge is -2.13. The first-order valence-corrected chi connectivity index (χ1v) is 7.87. The number of thiocarbonyl (C=S) groups is 1. The molecule has 2 aromatic rings. The Kier molecular flexibility index (Phi) is 4.22. The number of thioether (sulfide) groups is 1. The fourth-order valence-electron chi connectivity index (χ4n) is 2.18. The van der Waals surface area contributed by atoms with Crippen LogP contribution in [0.5, 0.6) is 0 Å². The van der Waals surface area contributed by atoms with E-state index in [0.29, 0.717) is 20.5 Å². The summed E-state index contributed by atoms with van der Waals surface area (Å²) in [6.45, 7) is 0. The molecule has 5 nitrogen and oxygen atoms in total. The molecule has 0 aliphatic carbocycles. The number of nitro benzene ring substituents is 1. The van der Waals surface area contributed by atoms with Gasteiger partial charge in [-0.05, 0) is 24.3 Å². The molecule has 7 heteroatoms. The van der Waals surface area contributed by atoms with E-state index in [9.17, 15) is 14.9 Å². The van der Waals surface area contributed by atoms with Gasteiger partial charge >= 0.3 is 0 Å². The average molecular weight is 342 g/mol. The smallest absolute Gasteiger partial charge is 0.268 e. The first kappa shape index (κ1) is 15.4. The van der Waals surface area contributed by atoms with E-state index in [0.717, 1.165) is 11.8 Å². The van der Waals surface area contributed by atoms with Crippen LogP contribution < -0.4 is 4.90 Å². The Morgan fingerprint density at radius 3 is 2.43 bits per heavy atom. The Morgan fingerprint density at radius 2 is 1.74 bits per heavy atom. The Labute approximate surface area is 141 Å². The van der Waals surface area contributed by atoms with Gasteiger partial charge in [0, 0.05) is 6.07 Å². The van der Waals surface area contributed by atoms with Crippen molar-refractivity contribution in [2.24, 2.45) is 0 Å². The molecule has 0 atom stereocenters. The van der Waals surface area contributed by atoms with Gasteiger partial charge in [-0.15, -0.1) is 0 Å². The van der Waals surface area contributed by atoms with Crippen LogP contribution in [-0.2, 0) is 4.79 Å².